The molecule has 2 aromatic carbocycles. The Labute approximate surface area is 133 Å². The van der Waals surface area contributed by atoms with Crippen LogP contribution < -0.4 is 10.1 Å². The quantitative estimate of drug-likeness (QED) is 0.831. The van der Waals surface area contributed by atoms with Gasteiger partial charge in [0.15, 0.2) is 0 Å². The number of fused-ring (bicyclic) bond motifs is 2. The van der Waals surface area contributed by atoms with Crippen LogP contribution in [0.25, 0.3) is 0 Å². The van der Waals surface area contributed by atoms with Crippen molar-refractivity contribution in [1.29, 1.82) is 0 Å². The van der Waals surface area contributed by atoms with Crippen molar-refractivity contribution in [3.63, 3.8) is 0 Å². The van der Waals surface area contributed by atoms with E-state index >= 15 is 0 Å². The zero-order valence-corrected chi connectivity index (χ0v) is 11.9. The number of carboxylic acid groups (broad SMARTS) is 1. The normalized spacial score (nSPS) is 15.7. The molecule has 0 fully saturated rings. The van der Waals surface area contributed by atoms with Gasteiger partial charge in [0.05, 0.1) is 11.5 Å². The summed E-state index contributed by atoms with van der Waals surface area (Å²) in [4.78, 5) is 23.0. The maximum atomic E-state index is 13.2. The smallest absolute Gasteiger partial charge is 0.419 e. The molecule has 0 radical (unpaired) electrons. The highest BCUT2D eigenvalue weighted by Crippen LogP contribution is 2.49. The molecule has 124 valence electrons. The van der Waals surface area contributed by atoms with Crippen molar-refractivity contribution in [3.8, 4) is 11.5 Å². The van der Waals surface area contributed by atoms with Crippen molar-refractivity contribution >= 4 is 12.0 Å². The van der Waals surface area contributed by atoms with Gasteiger partial charge in [-0.15, -0.1) is 0 Å². The summed E-state index contributed by atoms with van der Waals surface area (Å²) in [5.74, 6) is -2.58. The van der Waals surface area contributed by atoms with Gasteiger partial charge in [-0.1, -0.05) is 30.3 Å². The molecule has 2 amide bonds. The standard InChI is InChI=1S/C16H10F3NO4/c17-16(18,19)10-6-3-5-9-12(14(21)20-15(22)23)8-4-1-2-7-11(8)24-13(9)10/h1-7,12H,(H,20,21)(H,22,23). The Hall–Kier alpha value is -3.03. The number of rotatable bonds is 1. The minimum absolute atomic E-state index is 0.0396. The average molecular weight is 337 g/mol. The number of amides is 2. The van der Waals surface area contributed by atoms with Gasteiger partial charge >= 0.3 is 12.3 Å². The Balaban J connectivity index is 2.21. The third-order valence-electron chi connectivity index (χ3n) is 3.60. The van der Waals surface area contributed by atoms with Crippen LogP contribution in [0.15, 0.2) is 42.5 Å². The summed E-state index contributed by atoms with van der Waals surface area (Å²) in [6.07, 6.45) is -6.26. The van der Waals surface area contributed by atoms with Gasteiger partial charge in [-0.3, -0.25) is 10.1 Å². The lowest BCUT2D eigenvalue weighted by molar-refractivity contribution is -0.138. The van der Waals surface area contributed by atoms with Crippen LogP contribution in [0.3, 0.4) is 0 Å². The van der Waals surface area contributed by atoms with Gasteiger partial charge in [0.2, 0.25) is 5.91 Å². The molecule has 0 bridgehead atoms. The number of imide groups is 1. The van der Waals surface area contributed by atoms with Crippen molar-refractivity contribution < 1.29 is 32.6 Å². The van der Waals surface area contributed by atoms with E-state index in [0.717, 1.165) is 12.1 Å². The van der Waals surface area contributed by atoms with E-state index in [4.69, 9.17) is 9.84 Å². The van der Waals surface area contributed by atoms with E-state index in [1.807, 2.05) is 0 Å². The summed E-state index contributed by atoms with van der Waals surface area (Å²) in [6, 6.07) is 9.37. The molecule has 3 rings (SSSR count). The summed E-state index contributed by atoms with van der Waals surface area (Å²) in [6.45, 7) is 0. The lowest BCUT2D eigenvalue weighted by Gasteiger charge is -2.28. The molecule has 1 heterocycles. The highest BCUT2D eigenvalue weighted by atomic mass is 19.4. The van der Waals surface area contributed by atoms with E-state index in [9.17, 15) is 22.8 Å². The van der Waals surface area contributed by atoms with Crippen LogP contribution in [0.2, 0.25) is 0 Å². The van der Waals surface area contributed by atoms with Gasteiger partial charge in [-0.25, -0.2) is 4.79 Å². The maximum absolute atomic E-state index is 13.2. The highest BCUT2D eigenvalue weighted by Gasteiger charge is 2.41. The SMILES string of the molecule is O=C(O)NC(=O)C1c2ccccc2Oc2c1cccc2C(F)(F)F. The summed E-state index contributed by atoms with van der Waals surface area (Å²) in [7, 11) is 0. The molecule has 0 saturated heterocycles. The Kier molecular flexibility index (Phi) is 3.67. The van der Waals surface area contributed by atoms with Crippen LogP contribution in [0.1, 0.15) is 22.6 Å². The zero-order chi connectivity index (χ0) is 17.5. The van der Waals surface area contributed by atoms with Gasteiger partial charge in [-0.2, -0.15) is 13.2 Å². The van der Waals surface area contributed by atoms with Gasteiger partial charge < -0.3 is 9.84 Å². The fourth-order valence-corrected chi connectivity index (χ4v) is 2.67. The van der Waals surface area contributed by atoms with E-state index in [2.05, 4.69) is 0 Å². The summed E-state index contributed by atoms with van der Waals surface area (Å²) in [5, 5.41) is 10.4. The van der Waals surface area contributed by atoms with Crippen molar-refractivity contribution in [2.75, 3.05) is 0 Å². The molecule has 5 nitrogen and oxygen atoms in total. The maximum Gasteiger partial charge on any atom is 0.419 e. The zero-order valence-electron chi connectivity index (χ0n) is 11.9. The van der Waals surface area contributed by atoms with E-state index < -0.39 is 35.4 Å². The summed E-state index contributed by atoms with van der Waals surface area (Å²) >= 11 is 0. The fraction of sp³-hybridized carbons (Fsp3) is 0.125. The number of para-hydroxylation sites is 2. The van der Waals surface area contributed by atoms with Crippen LogP contribution in [0.4, 0.5) is 18.0 Å². The van der Waals surface area contributed by atoms with Crippen molar-refractivity contribution in [1.82, 2.24) is 5.32 Å². The number of carbonyl (C=O) groups excluding carboxylic acids is 1. The predicted octanol–water partition coefficient (Wildman–Crippen LogP) is 3.74. The lowest BCUT2D eigenvalue weighted by atomic mass is 9.86. The fourth-order valence-electron chi connectivity index (χ4n) is 2.67. The topological polar surface area (TPSA) is 75.6 Å². The van der Waals surface area contributed by atoms with Crippen LogP contribution in [-0.2, 0) is 11.0 Å². The second-order valence-corrected chi connectivity index (χ2v) is 5.09. The molecular weight excluding hydrogens is 327 g/mol. The molecule has 2 aromatic rings. The third kappa shape index (κ3) is 2.66. The largest absolute Gasteiger partial charge is 0.465 e. The molecule has 1 atom stereocenters. The lowest BCUT2D eigenvalue weighted by Crippen LogP contribution is -2.35. The molecule has 24 heavy (non-hydrogen) atoms. The summed E-state index contributed by atoms with van der Waals surface area (Å²) in [5.41, 5.74) is -0.770. The predicted molar refractivity (Wildman–Crippen MR) is 76.0 cm³/mol. The van der Waals surface area contributed by atoms with E-state index in [1.165, 1.54) is 18.2 Å². The van der Waals surface area contributed by atoms with E-state index in [0.29, 0.717) is 5.56 Å². The van der Waals surface area contributed by atoms with Crippen LogP contribution in [0, 0.1) is 0 Å². The number of nitrogens with one attached hydrogen (secondary N) is 1. The van der Waals surface area contributed by atoms with E-state index in [1.54, 1.807) is 17.4 Å². The molecule has 2 N–H and O–H groups in total. The number of hydrogen-bond donors (Lipinski definition) is 2. The number of ether oxygens (including phenoxy) is 1. The van der Waals surface area contributed by atoms with Crippen LogP contribution in [0.5, 0.6) is 11.5 Å². The Morgan fingerprint density at radius 3 is 2.38 bits per heavy atom. The minimum atomic E-state index is -4.68. The monoisotopic (exact) mass is 337 g/mol. The highest BCUT2D eigenvalue weighted by molar-refractivity contribution is 5.98. The Bertz CT molecular complexity index is 832. The van der Waals surface area contributed by atoms with Gasteiger partial charge in [0.25, 0.3) is 0 Å². The number of halogens is 3. The second kappa shape index (κ2) is 5.55. The van der Waals surface area contributed by atoms with Crippen molar-refractivity contribution in [2.45, 2.75) is 12.1 Å². The number of carbonyl (C=O) groups is 2. The van der Waals surface area contributed by atoms with Crippen LogP contribution in [-0.4, -0.2) is 17.1 Å². The average Bonchev–Trinajstić information content (AvgIpc) is 2.50. The molecule has 0 saturated carbocycles. The molecular formula is C16H10F3NO4. The van der Waals surface area contributed by atoms with Crippen molar-refractivity contribution in [3.05, 3.63) is 59.2 Å². The Morgan fingerprint density at radius 2 is 1.71 bits per heavy atom. The van der Waals surface area contributed by atoms with Gasteiger partial charge in [0, 0.05) is 11.1 Å². The first-order chi connectivity index (χ1) is 11.3. The first-order valence-electron chi connectivity index (χ1n) is 6.79. The third-order valence-corrected chi connectivity index (χ3v) is 3.60. The molecule has 1 unspecified atom stereocenters. The first-order valence-corrected chi connectivity index (χ1v) is 6.79. The molecule has 1 aliphatic rings. The number of hydrogen-bond acceptors (Lipinski definition) is 3. The molecule has 0 spiro atoms. The molecule has 0 aromatic heterocycles. The minimum Gasteiger partial charge on any atom is -0.465 e. The summed E-state index contributed by atoms with van der Waals surface area (Å²) < 4.78 is 45.0. The number of benzene rings is 2. The van der Waals surface area contributed by atoms with Gasteiger partial charge in [0.1, 0.15) is 11.5 Å². The van der Waals surface area contributed by atoms with E-state index in [-0.39, 0.29) is 11.3 Å². The molecule has 0 aliphatic carbocycles. The Morgan fingerprint density at radius 1 is 1.04 bits per heavy atom. The van der Waals surface area contributed by atoms with Crippen molar-refractivity contribution in [2.24, 2.45) is 0 Å². The molecule has 1 aliphatic heterocycles. The second-order valence-electron chi connectivity index (χ2n) is 5.09. The van der Waals surface area contributed by atoms with Gasteiger partial charge in [-0.05, 0) is 12.1 Å². The van der Waals surface area contributed by atoms with Crippen LogP contribution >= 0.6 is 0 Å². The first kappa shape index (κ1) is 15.9. The number of alkyl halides is 3. The molecule has 8 heteroatoms.